The summed E-state index contributed by atoms with van der Waals surface area (Å²) in [7, 11) is 3.11. The van der Waals surface area contributed by atoms with Gasteiger partial charge in [-0.25, -0.2) is 8.70 Å². The van der Waals surface area contributed by atoms with E-state index >= 15 is 0 Å². The average molecular weight is 564 g/mol. The highest BCUT2D eigenvalue weighted by Gasteiger charge is 2.04. The molecule has 1 amide bonds. The molecule has 0 spiro atoms. The largest absolute Gasteiger partial charge is 0.489 e. The number of halogens is 1. The van der Waals surface area contributed by atoms with Gasteiger partial charge in [-0.1, -0.05) is 19.1 Å². The number of hydrogen-bond acceptors (Lipinski definition) is 8. The molecule has 0 aromatic heterocycles. The van der Waals surface area contributed by atoms with Crippen molar-refractivity contribution in [2.75, 3.05) is 46.9 Å². The second kappa shape index (κ2) is 21.8. The predicted molar refractivity (Wildman–Crippen MR) is 161 cm³/mol. The lowest BCUT2D eigenvalue weighted by atomic mass is 10.2. The number of carbonyl (C=O) groups is 1. The molecular weight excluding hydrogens is 517 g/mol. The quantitative estimate of drug-likeness (QED) is 0.142. The fraction of sp³-hybridized carbons (Fsp3) is 0.414. The van der Waals surface area contributed by atoms with Crippen molar-refractivity contribution >= 4 is 17.9 Å². The highest BCUT2D eigenvalue weighted by atomic mass is 32.2. The van der Waals surface area contributed by atoms with E-state index in [2.05, 4.69) is 60.1 Å². The van der Waals surface area contributed by atoms with Gasteiger partial charge in [0.25, 0.3) is 0 Å². The Morgan fingerprint density at radius 1 is 1.15 bits per heavy atom. The molecule has 39 heavy (non-hydrogen) atoms. The first-order chi connectivity index (χ1) is 18.6. The number of nitrogens with one attached hydrogen (secondary N) is 2. The number of ether oxygens (including phenoxy) is 1. The molecule has 0 saturated heterocycles. The first-order valence-corrected chi connectivity index (χ1v) is 13.4. The fourth-order valence-corrected chi connectivity index (χ4v) is 4.02. The van der Waals surface area contributed by atoms with Crippen LogP contribution in [-0.4, -0.2) is 62.3 Å². The molecule has 0 aliphatic rings. The van der Waals surface area contributed by atoms with E-state index < -0.39 is 0 Å². The van der Waals surface area contributed by atoms with Gasteiger partial charge < -0.3 is 31.9 Å². The van der Waals surface area contributed by atoms with Gasteiger partial charge in [-0.2, -0.15) is 0 Å². The average Bonchev–Trinajstić information content (AvgIpc) is 2.89. The van der Waals surface area contributed by atoms with Crippen molar-refractivity contribution in [3.63, 3.8) is 0 Å². The Balaban J connectivity index is 0.000000718. The zero-order chi connectivity index (χ0) is 29.6. The molecule has 0 saturated carbocycles. The number of hydrogen-bond donors (Lipinski definition) is 5. The van der Waals surface area contributed by atoms with Crippen molar-refractivity contribution in [3.05, 3.63) is 83.5 Å². The monoisotopic (exact) mass is 563 g/mol. The molecule has 218 valence electrons. The number of rotatable bonds is 13. The number of benzene rings is 2. The van der Waals surface area contributed by atoms with Crippen LogP contribution >= 0.6 is 11.9 Å². The van der Waals surface area contributed by atoms with E-state index in [1.807, 2.05) is 0 Å². The number of aryl methyl sites for hydroxylation is 2. The molecular formula is C29H46FN5O3S. The molecule has 1 unspecified atom stereocenters. The maximum Gasteiger partial charge on any atom is 0.216 e. The van der Waals surface area contributed by atoms with Crippen LogP contribution in [0.4, 0.5) is 4.39 Å². The Bertz CT molecular complexity index is 1000. The first-order valence-electron chi connectivity index (χ1n) is 12.7. The minimum atomic E-state index is -0.317. The fourth-order valence-electron chi connectivity index (χ4n) is 3.10. The molecule has 0 bridgehead atoms. The smallest absolute Gasteiger partial charge is 0.216 e. The van der Waals surface area contributed by atoms with Crippen LogP contribution in [0.25, 0.3) is 0 Å². The van der Waals surface area contributed by atoms with Crippen molar-refractivity contribution in [2.45, 2.75) is 32.6 Å². The molecule has 1 atom stereocenters. The third-order valence-corrected chi connectivity index (χ3v) is 5.95. The van der Waals surface area contributed by atoms with Crippen molar-refractivity contribution in [1.29, 1.82) is 0 Å². The van der Waals surface area contributed by atoms with Gasteiger partial charge >= 0.3 is 0 Å². The van der Waals surface area contributed by atoms with Gasteiger partial charge in [-0.15, -0.1) is 0 Å². The summed E-state index contributed by atoms with van der Waals surface area (Å²) in [6.07, 6.45) is 4.40. The molecule has 2 rings (SSSR count). The van der Waals surface area contributed by atoms with Crippen LogP contribution in [0, 0.1) is 25.6 Å². The van der Waals surface area contributed by atoms with Crippen molar-refractivity contribution in [3.8, 4) is 5.75 Å². The van der Waals surface area contributed by atoms with Gasteiger partial charge in [0.05, 0.1) is 0 Å². The number of carbonyl (C=O) groups excluding carboxylic acids is 1. The lowest BCUT2D eigenvalue weighted by molar-refractivity contribution is -0.119. The van der Waals surface area contributed by atoms with Gasteiger partial charge in [-0.3, -0.25) is 4.79 Å². The van der Waals surface area contributed by atoms with Crippen LogP contribution in [0.1, 0.15) is 25.0 Å². The highest BCUT2D eigenvalue weighted by Crippen LogP contribution is 2.21. The van der Waals surface area contributed by atoms with Gasteiger partial charge in [0, 0.05) is 56.4 Å². The van der Waals surface area contributed by atoms with E-state index in [0.29, 0.717) is 11.7 Å². The maximum atomic E-state index is 13.0. The van der Waals surface area contributed by atoms with Crippen molar-refractivity contribution < 1.29 is 19.0 Å². The SMILES string of the molecule is CC(=O)NCC(C)CNCCN(C)Sc1cccc(C)c1.CO.Cc1cc(F)cc(OCC(/C=C\N)=C/N)c1. The molecule has 2 aromatic rings. The van der Waals surface area contributed by atoms with E-state index in [1.165, 1.54) is 35.0 Å². The van der Waals surface area contributed by atoms with Gasteiger partial charge in [0.2, 0.25) is 5.91 Å². The highest BCUT2D eigenvalue weighted by molar-refractivity contribution is 7.97. The Labute approximate surface area is 237 Å². The van der Waals surface area contributed by atoms with Crippen molar-refractivity contribution in [2.24, 2.45) is 17.4 Å². The van der Waals surface area contributed by atoms with E-state index in [4.69, 9.17) is 21.3 Å². The summed E-state index contributed by atoms with van der Waals surface area (Å²) in [5.74, 6) is 0.643. The lowest BCUT2D eigenvalue weighted by Gasteiger charge is -2.17. The summed E-state index contributed by atoms with van der Waals surface area (Å²) >= 11 is 1.77. The molecule has 0 aliphatic carbocycles. The lowest BCUT2D eigenvalue weighted by Crippen LogP contribution is -2.34. The first kappa shape index (κ1) is 35.9. The zero-order valence-corrected chi connectivity index (χ0v) is 24.9. The number of nitrogens with zero attached hydrogens (tertiary/aromatic N) is 1. The molecule has 7 N–H and O–H groups in total. The second-order valence-electron chi connectivity index (χ2n) is 8.86. The number of amides is 1. The van der Waals surface area contributed by atoms with E-state index in [1.54, 1.807) is 37.9 Å². The van der Waals surface area contributed by atoms with Crippen LogP contribution in [-0.2, 0) is 4.79 Å². The second-order valence-corrected chi connectivity index (χ2v) is 10.1. The van der Waals surface area contributed by atoms with E-state index in [-0.39, 0.29) is 18.3 Å². The Kier molecular flexibility index (Phi) is 20.1. The molecule has 0 fully saturated rings. The third kappa shape index (κ3) is 18.8. The van der Waals surface area contributed by atoms with Crippen LogP contribution < -0.4 is 26.8 Å². The van der Waals surface area contributed by atoms with Crippen LogP contribution in [0.5, 0.6) is 5.75 Å². The molecule has 10 heteroatoms. The Morgan fingerprint density at radius 3 is 2.46 bits per heavy atom. The third-order valence-electron chi connectivity index (χ3n) is 4.99. The van der Waals surface area contributed by atoms with E-state index in [9.17, 15) is 9.18 Å². The van der Waals surface area contributed by atoms with Crippen LogP contribution in [0.15, 0.2) is 71.4 Å². The van der Waals surface area contributed by atoms with Gasteiger partial charge in [-0.05, 0) is 93.0 Å². The Hall–Kier alpha value is -3.05. The summed E-state index contributed by atoms with van der Waals surface area (Å²) < 4.78 is 20.6. The number of likely N-dealkylation sites (N-methyl/N-ethyl adjacent to an activating group) is 1. The Morgan fingerprint density at radius 2 is 1.87 bits per heavy atom. The normalized spacial score (nSPS) is 11.8. The predicted octanol–water partition coefficient (Wildman–Crippen LogP) is 3.73. The van der Waals surface area contributed by atoms with Crippen LogP contribution in [0.3, 0.4) is 0 Å². The maximum absolute atomic E-state index is 13.0. The summed E-state index contributed by atoms with van der Waals surface area (Å²) in [5, 5.41) is 13.3. The molecule has 0 radical (unpaired) electrons. The molecule has 0 aliphatic heterocycles. The van der Waals surface area contributed by atoms with Gasteiger partial charge in [0.15, 0.2) is 0 Å². The zero-order valence-electron chi connectivity index (χ0n) is 24.0. The van der Waals surface area contributed by atoms with Gasteiger partial charge in [0.1, 0.15) is 18.2 Å². The number of nitrogens with two attached hydrogens (primary N) is 2. The molecule has 0 heterocycles. The number of aliphatic hydroxyl groups is 1. The van der Waals surface area contributed by atoms with E-state index in [0.717, 1.165) is 44.4 Å². The topological polar surface area (TPSA) is 126 Å². The minimum Gasteiger partial charge on any atom is -0.489 e. The summed E-state index contributed by atoms with van der Waals surface area (Å²) in [6, 6.07) is 13.1. The summed E-state index contributed by atoms with van der Waals surface area (Å²) in [6.45, 7) is 11.4. The standard InChI is InChI=1S/C16H27N3OS.C12H15FN2O.CH4O/c1-13-6-5-7-16(10-13)21-19(4)9-8-17-11-14(2)12-18-15(3)20;1-9-4-11(13)6-12(5-9)16-8-10(7-15)2-3-14;1-2/h5-7,10,14,17H,8-9,11-12H2,1-4H3,(H,18,20);2-7H,8,14-15H2,1H3;2H,1H3/b;3-2-,10-7+;. The minimum absolute atomic E-state index is 0.0381. The molecule has 8 nitrogen and oxygen atoms in total. The molecule has 2 aromatic carbocycles. The summed E-state index contributed by atoms with van der Waals surface area (Å²) in [5.41, 5.74) is 13.4. The number of aliphatic hydroxyl groups excluding tert-OH is 1. The van der Waals surface area contributed by atoms with Crippen molar-refractivity contribution in [1.82, 2.24) is 14.9 Å². The van der Waals surface area contributed by atoms with Crippen LogP contribution in [0.2, 0.25) is 0 Å². The summed E-state index contributed by atoms with van der Waals surface area (Å²) in [4.78, 5) is 12.1.